The molecule has 0 spiro atoms. The highest BCUT2D eigenvalue weighted by molar-refractivity contribution is 6.46. The third kappa shape index (κ3) is 3.96. The predicted octanol–water partition coefficient (Wildman–Crippen LogP) is 1.97. The number of carbonyl (C=O) groups is 2. The van der Waals surface area contributed by atoms with Crippen LogP contribution in [0.1, 0.15) is 17.2 Å². The molecule has 3 heterocycles. The Morgan fingerprint density at radius 3 is 2.40 bits per heavy atom. The van der Waals surface area contributed by atoms with Crippen LogP contribution in [-0.4, -0.2) is 71.0 Å². The third-order valence-corrected chi connectivity index (χ3v) is 5.44. The maximum atomic E-state index is 13.3. The first-order valence-corrected chi connectivity index (χ1v) is 9.80. The van der Waals surface area contributed by atoms with E-state index in [-0.39, 0.29) is 16.9 Å². The van der Waals surface area contributed by atoms with Crippen LogP contribution in [0.3, 0.4) is 0 Å². The van der Waals surface area contributed by atoms with Crippen molar-refractivity contribution in [3.05, 3.63) is 71.3 Å². The third-order valence-electron chi connectivity index (χ3n) is 5.44. The van der Waals surface area contributed by atoms with E-state index in [0.29, 0.717) is 31.9 Å². The number of aromatic nitrogens is 1. The molecule has 2 aromatic rings. The van der Waals surface area contributed by atoms with Gasteiger partial charge in [0.05, 0.1) is 24.8 Å². The zero-order valence-corrected chi connectivity index (χ0v) is 16.3. The highest BCUT2D eigenvalue weighted by atomic mass is 19.1. The molecule has 1 N–H and O–H groups in total. The number of aliphatic hydroxyl groups excluding tert-OH is 1. The van der Waals surface area contributed by atoms with Gasteiger partial charge in [-0.05, 0) is 42.0 Å². The molecule has 8 heteroatoms. The number of ether oxygens (including phenoxy) is 1. The summed E-state index contributed by atoms with van der Waals surface area (Å²) < 4.78 is 18.7. The molecule has 2 aliphatic rings. The second kappa shape index (κ2) is 8.73. The van der Waals surface area contributed by atoms with Crippen molar-refractivity contribution in [1.29, 1.82) is 0 Å². The second-order valence-electron chi connectivity index (χ2n) is 7.23. The van der Waals surface area contributed by atoms with E-state index >= 15 is 0 Å². The van der Waals surface area contributed by atoms with Crippen molar-refractivity contribution in [2.75, 3.05) is 39.4 Å². The maximum Gasteiger partial charge on any atom is 0.295 e. The van der Waals surface area contributed by atoms with Gasteiger partial charge < -0.3 is 14.7 Å². The number of nitrogens with zero attached hydrogens (tertiary/aromatic N) is 3. The minimum absolute atomic E-state index is 0.000198. The Bertz CT molecular complexity index is 956. The van der Waals surface area contributed by atoms with Crippen LogP contribution < -0.4 is 0 Å². The van der Waals surface area contributed by atoms with Crippen LogP contribution in [0.25, 0.3) is 5.76 Å². The molecule has 30 heavy (non-hydrogen) atoms. The molecule has 7 nitrogen and oxygen atoms in total. The van der Waals surface area contributed by atoms with Gasteiger partial charge in [-0.15, -0.1) is 0 Å². The standard InChI is InChI=1S/C22H22FN3O4/c23-17-3-1-16(2-4-17)20(27)18-19(15-5-7-24-8-6-15)26(22(29)21(18)28)10-9-25-11-13-30-14-12-25/h1-8,19,27H,9-14H2/t19-/m1/s1. The van der Waals surface area contributed by atoms with Gasteiger partial charge in [0.25, 0.3) is 11.7 Å². The smallest absolute Gasteiger partial charge is 0.295 e. The Morgan fingerprint density at radius 1 is 1.07 bits per heavy atom. The van der Waals surface area contributed by atoms with Crippen LogP contribution in [0.2, 0.25) is 0 Å². The number of ketones is 1. The molecule has 0 bridgehead atoms. The summed E-state index contributed by atoms with van der Waals surface area (Å²) in [5.41, 5.74) is 0.955. The average Bonchev–Trinajstić information content (AvgIpc) is 3.04. The molecular weight excluding hydrogens is 389 g/mol. The predicted molar refractivity (Wildman–Crippen MR) is 107 cm³/mol. The Kier molecular flexibility index (Phi) is 5.87. The lowest BCUT2D eigenvalue weighted by Gasteiger charge is -2.30. The van der Waals surface area contributed by atoms with E-state index < -0.39 is 23.5 Å². The van der Waals surface area contributed by atoms with Crippen molar-refractivity contribution in [1.82, 2.24) is 14.8 Å². The van der Waals surface area contributed by atoms with Gasteiger partial charge in [0.15, 0.2) is 0 Å². The molecule has 1 atom stereocenters. The van der Waals surface area contributed by atoms with Crippen molar-refractivity contribution in [2.45, 2.75) is 6.04 Å². The normalized spacial score (nSPS) is 21.9. The molecular formula is C22H22FN3O4. The first-order valence-electron chi connectivity index (χ1n) is 9.80. The lowest BCUT2D eigenvalue weighted by Crippen LogP contribution is -2.42. The number of hydrogen-bond acceptors (Lipinski definition) is 6. The summed E-state index contributed by atoms with van der Waals surface area (Å²) in [6, 6.07) is 7.87. The number of morpholine rings is 1. The largest absolute Gasteiger partial charge is 0.507 e. The molecule has 0 aliphatic carbocycles. The van der Waals surface area contributed by atoms with E-state index in [1.54, 1.807) is 24.5 Å². The molecule has 2 fully saturated rings. The number of pyridine rings is 1. The van der Waals surface area contributed by atoms with Crippen molar-refractivity contribution in [2.24, 2.45) is 0 Å². The number of benzene rings is 1. The van der Waals surface area contributed by atoms with Crippen LogP contribution in [0.5, 0.6) is 0 Å². The van der Waals surface area contributed by atoms with E-state index in [2.05, 4.69) is 9.88 Å². The topological polar surface area (TPSA) is 83.0 Å². The molecule has 1 amide bonds. The zero-order valence-electron chi connectivity index (χ0n) is 16.3. The summed E-state index contributed by atoms with van der Waals surface area (Å²) in [5, 5.41) is 10.9. The fraction of sp³-hybridized carbons (Fsp3) is 0.318. The number of aliphatic hydroxyl groups is 1. The summed E-state index contributed by atoms with van der Waals surface area (Å²) in [7, 11) is 0. The Labute approximate surface area is 173 Å². The summed E-state index contributed by atoms with van der Waals surface area (Å²) >= 11 is 0. The summed E-state index contributed by atoms with van der Waals surface area (Å²) in [6.45, 7) is 3.72. The van der Waals surface area contributed by atoms with Gasteiger partial charge in [-0.2, -0.15) is 0 Å². The highest BCUT2D eigenvalue weighted by Gasteiger charge is 2.46. The van der Waals surface area contributed by atoms with Gasteiger partial charge in [-0.25, -0.2) is 4.39 Å². The quantitative estimate of drug-likeness (QED) is 0.460. The molecule has 156 valence electrons. The van der Waals surface area contributed by atoms with Crippen molar-refractivity contribution in [3.63, 3.8) is 0 Å². The Morgan fingerprint density at radius 2 is 1.73 bits per heavy atom. The van der Waals surface area contributed by atoms with Gasteiger partial charge in [0, 0.05) is 44.1 Å². The van der Waals surface area contributed by atoms with Gasteiger partial charge in [-0.1, -0.05) is 0 Å². The number of Topliss-reactive ketones (excluding diaryl/α,β-unsaturated/α-hetero) is 1. The minimum Gasteiger partial charge on any atom is -0.507 e. The fourth-order valence-electron chi connectivity index (χ4n) is 3.84. The SMILES string of the molecule is O=C1C(=O)N(CCN2CCOCC2)[C@H](c2ccncc2)C1=C(O)c1ccc(F)cc1. The monoisotopic (exact) mass is 411 g/mol. The van der Waals surface area contributed by atoms with Crippen LogP contribution in [0.4, 0.5) is 4.39 Å². The first-order chi connectivity index (χ1) is 14.6. The molecule has 0 unspecified atom stereocenters. The van der Waals surface area contributed by atoms with Crippen molar-refractivity contribution < 1.29 is 23.8 Å². The minimum atomic E-state index is -0.749. The number of amides is 1. The van der Waals surface area contributed by atoms with Crippen LogP contribution in [-0.2, 0) is 14.3 Å². The molecule has 2 aliphatic heterocycles. The van der Waals surface area contributed by atoms with E-state index in [1.165, 1.54) is 29.2 Å². The van der Waals surface area contributed by atoms with Crippen LogP contribution in [0, 0.1) is 5.82 Å². The van der Waals surface area contributed by atoms with E-state index in [0.717, 1.165) is 13.1 Å². The van der Waals surface area contributed by atoms with E-state index in [4.69, 9.17) is 4.74 Å². The number of likely N-dealkylation sites (tertiary alicyclic amines) is 1. The summed E-state index contributed by atoms with van der Waals surface area (Å²) in [4.78, 5) is 33.4. The van der Waals surface area contributed by atoms with Gasteiger partial charge in [-0.3, -0.25) is 19.5 Å². The number of carbonyl (C=O) groups excluding carboxylic acids is 2. The molecule has 0 saturated carbocycles. The zero-order chi connectivity index (χ0) is 21.1. The second-order valence-corrected chi connectivity index (χ2v) is 7.23. The maximum absolute atomic E-state index is 13.3. The van der Waals surface area contributed by atoms with E-state index in [9.17, 15) is 19.1 Å². The van der Waals surface area contributed by atoms with Gasteiger partial charge in [0.2, 0.25) is 0 Å². The Hall–Kier alpha value is -3.10. The highest BCUT2D eigenvalue weighted by Crippen LogP contribution is 2.39. The number of rotatable bonds is 5. The molecule has 2 saturated heterocycles. The molecule has 4 rings (SSSR count). The van der Waals surface area contributed by atoms with Gasteiger partial charge in [0.1, 0.15) is 11.6 Å². The van der Waals surface area contributed by atoms with E-state index in [1.807, 2.05) is 0 Å². The number of hydrogen-bond donors (Lipinski definition) is 1. The average molecular weight is 411 g/mol. The summed E-state index contributed by atoms with van der Waals surface area (Å²) in [6.07, 6.45) is 3.16. The van der Waals surface area contributed by atoms with Crippen molar-refractivity contribution >= 4 is 17.4 Å². The summed E-state index contributed by atoms with van der Waals surface area (Å²) in [5.74, 6) is -2.18. The molecule has 0 radical (unpaired) electrons. The lowest BCUT2D eigenvalue weighted by atomic mass is 9.96. The molecule has 1 aromatic carbocycles. The lowest BCUT2D eigenvalue weighted by molar-refractivity contribution is -0.140. The molecule has 1 aromatic heterocycles. The Balaban J connectivity index is 1.71. The fourth-order valence-corrected chi connectivity index (χ4v) is 3.84. The van der Waals surface area contributed by atoms with Gasteiger partial charge >= 0.3 is 0 Å². The number of halogens is 1. The van der Waals surface area contributed by atoms with Crippen molar-refractivity contribution in [3.8, 4) is 0 Å². The van der Waals surface area contributed by atoms with Crippen LogP contribution in [0.15, 0.2) is 54.4 Å². The first kappa shape index (κ1) is 20.2. The van der Waals surface area contributed by atoms with Crippen LogP contribution >= 0.6 is 0 Å².